The fourth-order valence-corrected chi connectivity index (χ4v) is 5.09. The maximum atomic E-state index is 13.0. The number of sulfonamides is 1. The number of carbonyl (C=O) groups is 1. The van der Waals surface area contributed by atoms with Crippen LogP contribution in [-0.4, -0.2) is 66.4 Å². The average Bonchev–Trinajstić information content (AvgIpc) is 3.28. The molecular weight excluding hydrogens is 458 g/mol. The van der Waals surface area contributed by atoms with Gasteiger partial charge in [-0.3, -0.25) is 4.79 Å². The summed E-state index contributed by atoms with van der Waals surface area (Å²) in [5, 5.41) is 6.57. The topological polar surface area (TPSA) is 118 Å². The second-order valence-corrected chi connectivity index (χ2v) is 9.77. The zero-order valence-corrected chi connectivity index (χ0v) is 19.9. The first-order valence-corrected chi connectivity index (χ1v) is 12.5. The van der Waals surface area contributed by atoms with Crippen molar-refractivity contribution in [3.05, 3.63) is 65.8 Å². The third kappa shape index (κ3) is 5.44. The van der Waals surface area contributed by atoms with Crippen LogP contribution in [0, 0.1) is 6.92 Å². The number of likely N-dealkylation sites (N-methyl/N-ethyl adjacent to an activating group) is 1. The standard InChI is InChI=1S/C23H27N5O5S/c1-3-27-12-14-28(15-13-27)34(30,31)19-10-8-18(9-11-19)25-23(29)20-6-4-5-7-21(20)32-16-22-24-17(2)33-26-22/h4-11H,3,12-16H2,1-2H3,(H,25,29). The van der Waals surface area contributed by atoms with E-state index in [9.17, 15) is 13.2 Å². The lowest BCUT2D eigenvalue weighted by molar-refractivity contribution is 0.102. The monoisotopic (exact) mass is 485 g/mol. The SMILES string of the molecule is CCN1CCN(S(=O)(=O)c2ccc(NC(=O)c3ccccc3OCc3noc(C)n3)cc2)CC1. The molecule has 1 aliphatic heterocycles. The number of hydrogen-bond donors (Lipinski definition) is 1. The van der Waals surface area contributed by atoms with E-state index in [1.165, 1.54) is 16.4 Å². The average molecular weight is 486 g/mol. The number of aryl methyl sites for hydroxylation is 1. The third-order valence-electron chi connectivity index (χ3n) is 5.59. The Morgan fingerprint density at radius 1 is 1.09 bits per heavy atom. The minimum atomic E-state index is -3.58. The van der Waals surface area contributed by atoms with E-state index in [0.717, 1.165) is 19.6 Å². The van der Waals surface area contributed by atoms with Crippen LogP contribution < -0.4 is 10.1 Å². The first-order valence-electron chi connectivity index (χ1n) is 11.0. The molecule has 0 aliphatic carbocycles. The molecule has 0 bridgehead atoms. The molecule has 3 aromatic rings. The van der Waals surface area contributed by atoms with Crippen molar-refractivity contribution >= 4 is 21.6 Å². The van der Waals surface area contributed by atoms with Gasteiger partial charge >= 0.3 is 0 Å². The Kier molecular flexibility index (Phi) is 7.25. The molecule has 1 fully saturated rings. The molecule has 2 aromatic carbocycles. The van der Waals surface area contributed by atoms with Crippen LogP contribution in [0.1, 0.15) is 29.0 Å². The number of nitrogens with one attached hydrogen (secondary N) is 1. The fraction of sp³-hybridized carbons (Fsp3) is 0.348. The summed E-state index contributed by atoms with van der Waals surface area (Å²) >= 11 is 0. The van der Waals surface area contributed by atoms with Crippen molar-refractivity contribution in [2.75, 3.05) is 38.0 Å². The third-order valence-corrected chi connectivity index (χ3v) is 7.50. The van der Waals surface area contributed by atoms with Gasteiger partial charge in [0.05, 0.1) is 10.5 Å². The Morgan fingerprint density at radius 3 is 2.44 bits per heavy atom. The molecule has 0 unspecified atom stereocenters. The highest BCUT2D eigenvalue weighted by atomic mass is 32.2. The number of piperazine rings is 1. The number of amides is 1. The van der Waals surface area contributed by atoms with Gasteiger partial charge in [0, 0.05) is 38.8 Å². The van der Waals surface area contributed by atoms with Gasteiger partial charge in [0.25, 0.3) is 5.91 Å². The van der Waals surface area contributed by atoms with Gasteiger partial charge in [-0.25, -0.2) is 8.42 Å². The number of hydrogen-bond acceptors (Lipinski definition) is 8. The lowest BCUT2D eigenvalue weighted by Crippen LogP contribution is -2.48. The van der Waals surface area contributed by atoms with Crippen molar-refractivity contribution in [3.8, 4) is 5.75 Å². The highest BCUT2D eigenvalue weighted by Gasteiger charge is 2.28. The first-order chi connectivity index (χ1) is 16.4. The maximum Gasteiger partial charge on any atom is 0.259 e. The number of benzene rings is 2. The molecule has 2 heterocycles. The Bertz CT molecular complexity index is 1230. The Morgan fingerprint density at radius 2 is 1.79 bits per heavy atom. The number of nitrogens with zero attached hydrogens (tertiary/aromatic N) is 4. The normalized spacial score (nSPS) is 15.2. The molecule has 1 amide bonds. The van der Waals surface area contributed by atoms with E-state index >= 15 is 0 Å². The molecule has 1 aromatic heterocycles. The highest BCUT2D eigenvalue weighted by molar-refractivity contribution is 7.89. The van der Waals surface area contributed by atoms with E-state index in [4.69, 9.17) is 9.26 Å². The van der Waals surface area contributed by atoms with Crippen LogP contribution in [0.2, 0.25) is 0 Å². The van der Waals surface area contributed by atoms with E-state index in [1.807, 2.05) is 0 Å². The Hall–Kier alpha value is -3.28. The van der Waals surface area contributed by atoms with Crippen molar-refractivity contribution in [3.63, 3.8) is 0 Å². The zero-order chi connectivity index (χ0) is 24.1. The van der Waals surface area contributed by atoms with E-state index < -0.39 is 10.0 Å². The van der Waals surface area contributed by atoms with Gasteiger partial charge < -0.3 is 19.5 Å². The smallest absolute Gasteiger partial charge is 0.259 e. The summed E-state index contributed by atoms with van der Waals surface area (Å²) in [5.74, 6) is 0.790. The minimum Gasteiger partial charge on any atom is -0.485 e. The van der Waals surface area contributed by atoms with Crippen LogP contribution in [0.15, 0.2) is 57.9 Å². The summed E-state index contributed by atoms with van der Waals surface area (Å²) in [5.41, 5.74) is 0.802. The van der Waals surface area contributed by atoms with Gasteiger partial charge in [-0.2, -0.15) is 9.29 Å². The van der Waals surface area contributed by atoms with Crippen LogP contribution in [-0.2, 0) is 16.6 Å². The highest BCUT2D eigenvalue weighted by Crippen LogP contribution is 2.23. The van der Waals surface area contributed by atoms with Gasteiger partial charge in [-0.05, 0) is 42.9 Å². The summed E-state index contributed by atoms with van der Waals surface area (Å²) < 4.78 is 38.1. The number of aromatic nitrogens is 2. The molecular formula is C23H27N5O5S. The van der Waals surface area contributed by atoms with Gasteiger partial charge in [0.1, 0.15) is 5.75 Å². The molecule has 4 rings (SSSR count). The summed E-state index contributed by atoms with van der Waals surface area (Å²) in [6, 6.07) is 13.0. The molecule has 11 heteroatoms. The molecule has 1 N–H and O–H groups in total. The van der Waals surface area contributed by atoms with E-state index in [0.29, 0.717) is 41.8 Å². The molecule has 1 aliphatic rings. The van der Waals surface area contributed by atoms with Gasteiger partial charge in [-0.15, -0.1) is 0 Å². The van der Waals surface area contributed by atoms with Gasteiger partial charge in [0.15, 0.2) is 6.61 Å². The van der Waals surface area contributed by atoms with Crippen LogP contribution in [0.25, 0.3) is 0 Å². The largest absolute Gasteiger partial charge is 0.485 e. The Balaban J connectivity index is 1.41. The van der Waals surface area contributed by atoms with Crippen LogP contribution in [0.5, 0.6) is 5.75 Å². The van der Waals surface area contributed by atoms with Crippen LogP contribution in [0.3, 0.4) is 0 Å². The number of rotatable bonds is 8. The molecule has 34 heavy (non-hydrogen) atoms. The van der Waals surface area contributed by atoms with Crippen molar-refractivity contribution < 1.29 is 22.5 Å². The molecule has 10 nitrogen and oxygen atoms in total. The van der Waals surface area contributed by atoms with Gasteiger partial charge in [0.2, 0.25) is 21.7 Å². The van der Waals surface area contributed by atoms with Crippen LogP contribution in [0.4, 0.5) is 5.69 Å². The van der Waals surface area contributed by atoms with Crippen molar-refractivity contribution in [2.45, 2.75) is 25.3 Å². The van der Waals surface area contributed by atoms with E-state index in [2.05, 4.69) is 27.3 Å². The molecule has 0 saturated carbocycles. The molecule has 1 saturated heterocycles. The number of anilines is 1. The summed E-state index contributed by atoms with van der Waals surface area (Å²) in [4.78, 5) is 19.4. The van der Waals surface area contributed by atoms with Crippen molar-refractivity contribution in [1.29, 1.82) is 0 Å². The van der Waals surface area contributed by atoms with Crippen molar-refractivity contribution in [1.82, 2.24) is 19.3 Å². The van der Waals surface area contributed by atoms with Crippen molar-refractivity contribution in [2.24, 2.45) is 0 Å². The first kappa shape index (κ1) is 23.9. The number of para-hydroxylation sites is 1. The lowest BCUT2D eigenvalue weighted by atomic mass is 10.2. The lowest BCUT2D eigenvalue weighted by Gasteiger charge is -2.33. The summed E-state index contributed by atoms with van der Waals surface area (Å²) in [6.45, 7) is 7.09. The summed E-state index contributed by atoms with van der Waals surface area (Å²) in [7, 11) is -3.58. The second kappa shape index (κ2) is 10.3. The minimum absolute atomic E-state index is 0.0563. The van der Waals surface area contributed by atoms with Crippen LogP contribution >= 0.6 is 0 Å². The fourth-order valence-electron chi connectivity index (χ4n) is 3.67. The zero-order valence-electron chi connectivity index (χ0n) is 19.1. The van der Waals surface area contributed by atoms with E-state index in [1.54, 1.807) is 43.3 Å². The number of ether oxygens (including phenoxy) is 1. The molecule has 0 radical (unpaired) electrons. The maximum absolute atomic E-state index is 13.0. The second-order valence-electron chi connectivity index (χ2n) is 7.83. The Labute approximate surface area is 198 Å². The van der Waals surface area contributed by atoms with E-state index in [-0.39, 0.29) is 17.4 Å². The quantitative estimate of drug-likeness (QED) is 0.517. The molecule has 0 spiro atoms. The van der Waals surface area contributed by atoms with Gasteiger partial charge in [-0.1, -0.05) is 24.2 Å². The predicted octanol–water partition coefficient (Wildman–Crippen LogP) is 2.54. The molecule has 180 valence electrons. The predicted molar refractivity (Wildman–Crippen MR) is 125 cm³/mol. The number of carbonyl (C=O) groups excluding carboxylic acids is 1. The molecule has 0 atom stereocenters. The summed E-state index contributed by atoms with van der Waals surface area (Å²) in [6.07, 6.45) is 0.